The molecule has 0 radical (unpaired) electrons. The van der Waals surface area contributed by atoms with Crippen molar-refractivity contribution in [1.29, 1.82) is 0 Å². The van der Waals surface area contributed by atoms with Gasteiger partial charge in [-0.2, -0.15) is 0 Å². The molecule has 1 aromatic heterocycles. The molecule has 0 amide bonds. The third-order valence-electron chi connectivity index (χ3n) is 3.13. The molecule has 2 aromatic rings. The van der Waals surface area contributed by atoms with Gasteiger partial charge in [0.05, 0.1) is 12.8 Å². The Balaban J connectivity index is 1.77. The zero-order valence-corrected chi connectivity index (χ0v) is 11.8. The van der Waals surface area contributed by atoms with Crippen LogP contribution in [0.2, 0.25) is 0 Å². The molecule has 0 fully saturated rings. The first-order valence-corrected chi connectivity index (χ1v) is 6.62. The van der Waals surface area contributed by atoms with Gasteiger partial charge in [0.2, 0.25) is 0 Å². The zero-order valence-electron chi connectivity index (χ0n) is 11.8. The van der Waals surface area contributed by atoms with Crippen LogP contribution in [0.3, 0.4) is 0 Å². The van der Waals surface area contributed by atoms with Crippen LogP contribution in [0.5, 0.6) is 5.75 Å². The first-order chi connectivity index (χ1) is 9.15. The van der Waals surface area contributed by atoms with Crippen molar-refractivity contribution in [1.82, 2.24) is 5.32 Å². The minimum atomic E-state index is 0.122. The Labute approximate surface area is 114 Å². The Kier molecular flexibility index (Phi) is 4.63. The highest BCUT2D eigenvalue weighted by Crippen LogP contribution is 2.17. The van der Waals surface area contributed by atoms with Crippen LogP contribution in [0, 0.1) is 13.8 Å². The molecule has 0 saturated heterocycles. The molecular weight excluding hydrogens is 238 g/mol. The molecule has 3 nitrogen and oxygen atoms in total. The van der Waals surface area contributed by atoms with Gasteiger partial charge in [-0.05, 0) is 56.2 Å². The predicted molar refractivity (Wildman–Crippen MR) is 76.4 cm³/mol. The molecule has 0 bridgehead atoms. The molecule has 102 valence electrons. The standard InChI is InChI=1S/C16H21NO2/c1-12-6-7-15(9-13(12)2)19-14(3)10-17-11-16-5-4-8-18-16/h4-9,14,17H,10-11H2,1-3H3. The number of benzene rings is 1. The van der Waals surface area contributed by atoms with E-state index in [9.17, 15) is 0 Å². The monoisotopic (exact) mass is 259 g/mol. The van der Waals surface area contributed by atoms with Crippen LogP contribution in [-0.4, -0.2) is 12.6 Å². The zero-order chi connectivity index (χ0) is 13.7. The predicted octanol–water partition coefficient (Wildman–Crippen LogP) is 3.45. The Hall–Kier alpha value is -1.74. The van der Waals surface area contributed by atoms with Crippen molar-refractivity contribution in [2.75, 3.05) is 6.54 Å². The average molecular weight is 259 g/mol. The highest BCUT2D eigenvalue weighted by molar-refractivity contribution is 5.33. The number of aryl methyl sites for hydroxylation is 2. The smallest absolute Gasteiger partial charge is 0.120 e. The lowest BCUT2D eigenvalue weighted by molar-refractivity contribution is 0.215. The summed E-state index contributed by atoms with van der Waals surface area (Å²) in [5.41, 5.74) is 2.55. The van der Waals surface area contributed by atoms with Crippen LogP contribution >= 0.6 is 0 Å². The van der Waals surface area contributed by atoms with Gasteiger partial charge in [-0.25, -0.2) is 0 Å². The summed E-state index contributed by atoms with van der Waals surface area (Å²) >= 11 is 0. The molecule has 1 heterocycles. The van der Waals surface area contributed by atoms with E-state index in [4.69, 9.17) is 9.15 Å². The maximum absolute atomic E-state index is 5.88. The maximum Gasteiger partial charge on any atom is 0.120 e. The number of furan rings is 1. The molecule has 1 N–H and O–H groups in total. The van der Waals surface area contributed by atoms with Crippen molar-refractivity contribution < 1.29 is 9.15 Å². The Morgan fingerprint density at radius 1 is 1.21 bits per heavy atom. The summed E-state index contributed by atoms with van der Waals surface area (Å²) in [5.74, 6) is 1.87. The van der Waals surface area contributed by atoms with Crippen molar-refractivity contribution in [2.45, 2.75) is 33.4 Å². The highest BCUT2D eigenvalue weighted by atomic mass is 16.5. The molecule has 1 aromatic carbocycles. The molecular formula is C16H21NO2. The lowest BCUT2D eigenvalue weighted by Gasteiger charge is -2.16. The summed E-state index contributed by atoms with van der Waals surface area (Å²) in [4.78, 5) is 0. The largest absolute Gasteiger partial charge is 0.489 e. The lowest BCUT2D eigenvalue weighted by Crippen LogP contribution is -2.28. The van der Waals surface area contributed by atoms with E-state index < -0.39 is 0 Å². The summed E-state index contributed by atoms with van der Waals surface area (Å²) in [6.07, 6.45) is 1.81. The van der Waals surface area contributed by atoms with Crippen molar-refractivity contribution in [3.63, 3.8) is 0 Å². The lowest BCUT2D eigenvalue weighted by atomic mass is 10.1. The van der Waals surface area contributed by atoms with Gasteiger partial charge in [-0.15, -0.1) is 0 Å². The molecule has 0 spiro atoms. The van der Waals surface area contributed by atoms with Crippen LogP contribution in [0.25, 0.3) is 0 Å². The molecule has 2 rings (SSSR count). The Morgan fingerprint density at radius 3 is 2.74 bits per heavy atom. The topological polar surface area (TPSA) is 34.4 Å². The summed E-state index contributed by atoms with van der Waals surface area (Å²) in [6, 6.07) is 10.0. The fraction of sp³-hybridized carbons (Fsp3) is 0.375. The molecule has 1 unspecified atom stereocenters. The van der Waals surface area contributed by atoms with Gasteiger partial charge in [0, 0.05) is 6.54 Å². The van der Waals surface area contributed by atoms with Crippen molar-refractivity contribution >= 4 is 0 Å². The fourth-order valence-corrected chi connectivity index (χ4v) is 1.87. The van der Waals surface area contributed by atoms with E-state index in [1.165, 1.54) is 11.1 Å². The van der Waals surface area contributed by atoms with Crippen LogP contribution in [-0.2, 0) is 6.54 Å². The summed E-state index contributed by atoms with van der Waals surface area (Å²) in [6.45, 7) is 7.78. The van der Waals surface area contributed by atoms with Crippen molar-refractivity contribution in [3.8, 4) is 5.75 Å². The average Bonchev–Trinajstić information content (AvgIpc) is 2.87. The van der Waals surface area contributed by atoms with Crippen LogP contribution in [0.4, 0.5) is 0 Å². The van der Waals surface area contributed by atoms with Crippen molar-refractivity contribution in [2.24, 2.45) is 0 Å². The first kappa shape index (κ1) is 13.7. The van der Waals surface area contributed by atoms with E-state index in [0.29, 0.717) is 0 Å². The molecule has 1 atom stereocenters. The second kappa shape index (κ2) is 6.43. The second-order valence-electron chi connectivity index (χ2n) is 4.88. The van der Waals surface area contributed by atoms with Gasteiger partial charge < -0.3 is 14.5 Å². The van der Waals surface area contributed by atoms with E-state index in [0.717, 1.165) is 24.6 Å². The first-order valence-electron chi connectivity index (χ1n) is 6.62. The number of hydrogen-bond donors (Lipinski definition) is 1. The molecule has 0 saturated carbocycles. The van der Waals surface area contributed by atoms with Gasteiger partial charge in [0.15, 0.2) is 0 Å². The Morgan fingerprint density at radius 2 is 2.05 bits per heavy atom. The van der Waals surface area contributed by atoms with E-state index in [-0.39, 0.29) is 6.10 Å². The van der Waals surface area contributed by atoms with Gasteiger partial charge in [0.1, 0.15) is 17.6 Å². The number of hydrogen-bond acceptors (Lipinski definition) is 3. The van der Waals surface area contributed by atoms with Gasteiger partial charge in [0.25, 0.3) is 0 Å². The minimum Gasteiger partial charge on any atom is -0.489 e. The molecule has 3 heteroatoms. The molecule has 0 aliphatic rings. The van der Waals surface area contributed by atoms with Crippen LogP contribution in [0.1, 0.15) is 23.8 Å². The van der Waals surface area contributed by atoms with E-state index in [2.05, 4.69) is 38.2 Å². The molecule has 19 heavy (non-hydrogen) atoms. The third-order valence-corrected chi connectivity index (χ3v) is 3.13. The number of rotatable bonds is 6. The summed E-state index contributed by atoms with van der Waals surface area (Å²) in [5, 5.41) is 3.32. The number of ether oxygens (including phenoxy) is 1. The van der Waals surface area contributed by atoms with Gasteiger partial charge in [-0.3, -0.25) is 0 Å². The second-order valence-corrected chi connectivity index (χ2v) is 4.88. The summed E-state index contributed by atoms with van der Waals surface area (Å²) < 4.78 is 11.1. The Bertz CT molecular complexity index is 505. The minimum absolute atomic E-state index is 0.122. The summed E-state index contributed by atoms with van der Waals surface area (Å²) in [7, 11) is 0. The highest BCUT2D eigenvalue weighted by Gasteiger charge is 2.05. The molecule has 0 aliphatic heterocycles. The van der Waals surface area contributed by atoms with E-state index in [1.54, 1.807) is 6.26 Å². The van der Waals surface area contributed by atoms with Gasteiger partial charge in [-0.1, -0.05) is 6.07 Å². The quantitative estimate of drug-likeness (QED) is 0.862. The SMILES string of the molecule is Cc1ccc(OC(C)CNCc2ccco2)cc1C. The maximum atomic E-state index is 5.88. The van der Waals surface area contributed by atoms with Gasteiger partial charge >= 0.3 is 0 Å². The normalized spacial score (nSPS) is 12.4. The van der Waals surface area contributed by atoms with E-state index in [1.807, 2.05) is 18.2 Å². The molecule has 0 aliphatic carbocycles. The van der Waals surface area contributed by atoms with Crippen LogP contribution < -0.4 is 10.1 Å². The third kappa shape index (κ3) is 4.14. The fourth-order valence-electron chi connectivity index (χ4n) is 1.87. The van der Waals surface area contributed by atoms with Crippen molar-refractivity contribution in [3.05, 3.63) is 53.5 Å². The van der Waals surface area contributed by atoms with E-state index >= 15 is 0 Å². The number of nitrogens with one attached hydrogen (secondary N) is 1. The van der Waals surface area contributed by atoms with Crippen LogP contribution in [0.15, 0.2) is 41.0 Å².